The highest BCUT2D eigenvalue weighted by Gasteiger charge is 2.09. The first kappa shape index (κ1) is 14.9. The fraction of sp³-hybridized carbons (Fsp3) is 0.0625. The SMILES string of the molecule is NS(=O)(=O)c1ccc(-c2nc(Cc3ccccc3)cs2)cc1. The Morgan fingerprint density at radius 2 is 1.68 bits per heavy atom. The lowest BCUT2D eigenvalue weighted by molar-refractivity contribution is 0.598. The van der Waals surface area contributed by atoms with Crippen LogP contribution in [0.15, 0.2) is 64.9 Å². The average Bonchev–Trinajstić information content (AvgIpc) is 2.96. The van der Waals surface area contributed by atoms with Gasteiger partial charge in [-0.2, -0.15) is 0 Å². The van der Waals surface area contributed by atoms with Gasteiger partial charge in [-0.15, -0.1) is 11.3 Å². The molecular weight excluding hydrogens is 316 g/mol. The minimum absolute atomic E-state index is 0.109. The molecule has 0 aliphatic rings. The van der Waals surface area contributed by atoms with Gasteiger partial charge < -0.3 is 0 Å². The summed E-state index contributed by atoms with van der Waals surface area (Å²) in [5.41, 5.74) is 3.10. The van der Waals surface area contributed by atoms with Crippen molar-refractivity contribution in [1.82, 2.24) is 4.98 Å². The smallest absolute Gasteiger partial charge is 0.238 e. The van der Waals surface area contributed by atoms with Gasteiger partial charge in [-0.25, -0.2) is 18.5 Å². The van der Waals surface area contributed by atoms with Gasteiger partial charge in [0.25, 0.3) is 0 Å². The molecule has 4 nitrogen and oxygen atoms in total. The normalized spacial score (nSPS) is 11.5. The second kappa shape index (κ2) is 6.00. The zero-order valence-electron chi connectivity index (χ0n) is 11.6. The third kappa shape index (κ3) is 3.41. The maximum Gasteiger partial charge on any atom is 0.238 e. The maximum atomic E-state index is 11.3. The van der Waals surface area contributed by atoms with Crippen LogP contribution in [0.25, 0.3) is 10.6 Å². The number of primary sulfonamides is 1. The number of hydrogen-bond acceptors (Lipinski definition) is 4. The number of aromatic nitrogens is 1. The maximum absolute atomic E-state index is 11.3. The molecule has 6 heteroatoms. The number of nitrogens with two attached hydrogens (primary N) is 1. The van der Waals surface area contributed by atoms with Crippen molar-refractivity contribution in [3.05, 3.63) is 71.2 Å². The number of hydrogen-bond donors (Lipinski definition) is 1. The van der Waals surface area contributed by atoms with E-state index in [1.165, 1.54) is 17.7 Å². The Morgan fingerprint density at radius 1 is 1.00 bits per heavy atom. The zero-order chi connectivity index (χ0) is 15.6. The number of rotatable bonds is 4. The van der Waals surface area contributed by atoms with Crippen molar-refractivity contribution in [2.24, 2.45) is 5.14 Å². The van der Waals surface area contributed by atoms with Crippen LogP contribution in [0.4, 0.5) is 0 Å². The molecule has 0 atom stereocenters. The van der Waals surface area contributed by atoms with Gasteiger partial charge >= 0.3 is 0 Å². The highest BCUT2D eigenvalue weighted by molar-refractivity contribution is 7.89. The lowest BCUT2D eigenvalue weighted by Gasteiger charge is -2.00. The van der Waals surface area contributed by atoms with E-state index in [9.17, 15) is 8.42 Å². The fourth-order valence-electron chi connectivity index (χ4n) is 2.11. The predicted octanol–water partition coefficient (Wildman–Crippen LogP) is 3.05. The third-order valence-corrected chi connectivity index (χ3v) is 5.08. The summed E-state index contributed by atoms with van der Waals surface area (Å²) < 4.78 is 22.5. The Bertz CT molecular complexity index is 870. The molecule has 2 N–H and O–H groups in total. The van der Waals surface area contributed by atoms with Crippen LogP contribution >= 0.6 is 11.3 Å². The van der Waals surface area contributed by atoms with E-state index in [1.54, 1.807) is 23.5 Å². The molecule has 2 aromatic carbocycles. The van der Waals surface area contributed by atoms with Gasteiger partial charge in [-0.1, -0.05) is 42.5 Å². The Morgan fingerprint density at radius 3 is 2.32 bits per heavy atom. The van der Waals surface area contributed by atoms with Gasteiger partial charge in [0.2, 0.25) is 10.0 Å². The van der Waals surface area contributed by atoms with E-state index in [0.29, 0.717) is 0 Å². The monoisotopic (exact) mass is 330 g/mol. The van der Waals surface area contributed by atoms with Gasteiger partial charge in [-0.3, -0.25) is 0 Å². The molecule has 0 aliphatic carbocycles. The summed E-state index contributed by atoms with van der Waals surface area (Å²) >= 11 is 1.54. The van der Waals surface area contributed by atoms with E-state index in [1.807, 2.05) is 23.6 Å². The summed E-state index contributed by atoms with van der Waals surface area (Å²) in [6.45, 7) is 0. The molecule has 112 valence electrons. The van der Waals surface area contributed by atoms with E-state index in [0.717, 1.165) is 22.7 Å². The molecule has 0 saturated heterocycles. The Labute approximate surface area is 133 Å². The van der Waals surface area contributed by atoms with Crippen LogP contribution in [0.1, 0.15) is 11.3 Å². The van der Waals surface area contributed by atoms with Gasteiger partial charge in [0.05, 0.1) is 10.6 Å². The molecule has 1 heterocycles. The first-order chi connectivity index (χ1) is 10.5. The van der Waals surface area contributed by atoms with Crippen LogP contribution in [0, 0.1) is 0 Å². The van der Waals surface area contributed by atoms with Crippen LogP contribution in [-0.2, 0) is 16.4 Å². The van der Waals surface area contributed by atoms with Crippen molar-refractivity contribution in [1.29, 1.82) is 0 Å². The summed E-state index contributed by atoms with van der Waals surface area (Å²) in [5.74, 6) is 0. The van der Waals surface area contributed by atoms with E-state index >= 15 is 0 Å². The summed E-state index contributed by atoms with van der Waals surface area (Å²) in [7, 11) is -3.65. The van der Waals surface area contributed by atoms with Crippen molar-refractivity contribution in [3.8, 4) is 10.6 Å². The molecule has 0 amide bonds. The van der Waals surface area contributed by atoms with Crippen molar-refractivity contribution < 1.29 is 8.42 Å². The molecule has 1 aromatic heterocycles. The fourth-order valence-corrected chi connectivity index (χ4v) is 3.45. The van der Waals surface area contributed by atoms with Gasteiger partial charge in [0.15, 0.2) is 0 Å². The second-order valence-electron chi connectivity index (χ2n) is 4.88. The van der Waals surface area contributed by atoms with Crippen LogP contribution in [0.3, 0.4) is 0 Å². The summed E-state index contributed by atoms with van der Waals surface area (Å²) in [6, 6.07) is 16.6. The molecule has 0 bridgehead atoms. The molecule has 3 rings (SSSR count). The molecule has 0 unspecified atom stereocenters. The molecule has 0 radical (unpaired) electrons. The second-order valence-corrected chi connectivity index (χ2v) is 7.30. The number of nitrogens with zero attached hydrogens (tertiary/aromatic N) is 1. The highest BCUT2D eigenvalue weighted by Crippen LogP contribution is 2.25. The number of thiazole rings is 1. The first-order valence-corrected chi connectivity index (χ1v) is 9.06. The van der Waals surface area contributed by atoms with E-state index < -0.39 is 10.0 Å². The topological polar surface area (TPSA) is 73.1 Å². The van der Waals surface area contributed by atoms with E-state index in [4.69, 9.17) is 5.14 Å². The molecule has 0 fully saturated rings. The zero-order valence-corrected chi connectivity index (χ0v) is 13.3. The average molecular weight is 330 g/mol. The molecule has 0 saturated carbocycles. The minimum atomic E-state index is -3.65. The lowest BCUT2D eigenvalue weighted by atomic mass is 10.1. The predicted molar refractivity (Wildman–Crippen MR) is 88.2 cm³/mol. The van der Waals surface area contributed by atoms with E-state index in [-0.39, 0.29) is 4.90 Å². The molecule has 0 spiro atoms. The molecule has 3 aromatic rings. The summed E-state index contributed by atoms with van der Waals surface area (Å²) in [5, 5.41) is 7.99. The van der Waals surface area contributed by atoms with Crippen molar-refractivity contribution in [2.75, 3.05) is 0 Å². The Balaban J connectivity index is 1.82. The van der Waals surface area contributed by atoms with Crippen molar-refractivity contribution in [2.45, 2.75) is 11.3 Å². The van der Waals surface area contributed by atoms with Gasteiger partial charge in [0.1, 0.15) is 5.01 Å². The van der Waals surface area contributed by atoms with Gasteiger partial charge in [0, 0.05) is 17.4 Å². The van der Waals surface area contributed by atoms with Crippen LogP contribution in [0.5, 0.6) is 0 Å². The highest BCUT2D eigenvalue weighted by atomic mass is 32.2. The van der Waals surface area contributed by atoms with Gasteiger partial charge in [-0.05, 0) is 17.7 Å². The minimum Gasteiger partial charge on any atom is -0.241 e. The number of benzene rings is 2. The summed E-state index contributed by atoms with van der Waals surface area (Å²) in [6.07, 6.45) is 0.784. The van der Waals surface area contributed by atoms with Crippen LogP contribution < -0.4 is 5.14 Å². The molecule has 22 heavy (non-hydrogen) atoms. The number of sulfonamides is 1. The largest absolute Gasteiger partial charge is 0.241 e. The molecular formula is C16H14N2O2S2. The first-order valence-electron chi connectivity index (χ1n) is 6.64. The van der Waals surface area contributed by atoms with Crippen LogP contribution in [-0.4, -0.2) is 13.4 Å². The van der Waals surface area contributed by atoms with Crippen molar-refractivity contribution >= 4 is 21.4 Å². The summed E-state index contributed by atoms with van der Waals surface area (Å²) in [4.78, 5) is 4.71. The van der Waals surface area contributed by atoms with Crippen LogP contribution in [0.2, 0.25) is 0 Å². The Kier molecular flexibility index (Phi) is 4.06. The lowest BCUT2D eigenvalue weighted by Crippen LogP contribution is -2.11. The molecule has 0 aliphatic heterocycles. The quantitative estimate of drug-likeness (QED) is 0.799. The third-order valence-electron chi connectivity index (χ3n) is 3.21. The van der Waals surface area contributed by atoms with Crippen molar-refractivity contribution in [3.63, 3.8) is 0 Å². The Hall–Kier alpha value is -2.02. The van der Waals surface area contributed by atoms with E-state index in [2.05, 4.69) is 17.1 Å². The standard InChI is InChI=1S/C16H14N2O2S2/c17-22(19,20)15-8-6-13(7-9-15)16-18-14(11-21-16)10-12-4-2-1-3-5-12/h1-9,11H,10H2,(H2,17,19,20).